The van der Waals surface area contributed by atoms with Crippen molar-refractivity contribution in [2.75, 3.05) is 6.54 Å². The first-order valence-electron chi connectivity index (χ1n) is 5.56. The van der Waals surface area contributed by atoms with Crippen molar-refractivity contribution in [1.29, 1.82) is 0 Å². The highest BCUT2D eigenvalue weighted by Crippen LogP contribution is 2.20. The maximum absolute atomic E-state index is 11.9. The molecule has 0 radical (unpaired) electrons. The fourth-order valence-electron chi connectivity index (χ4n) is 1.45. The molecule has 0 spiro atoms. The molecule has 7 heteroatoms. The fourth-order valence-corrected chi connectivity index (χ4v) is 1.45. The van der Waals surface area contributed by atoms with Gasteiger partial charge >= 0.3 is 6.18 Å². The Kier molecular flexibility index (Phi) is 4.92. The van der Waals surface area contributed by atoms with Crippen molar-refractivity contribution < 1.29 is 13.2 Å². The van der Waals surface area contributed by atoms with Gasteiger partial charge in [0.25, 0.3) is 0 Å². The molecule has 0 unspecified atom stereocenters. The lowest BCUT2D eigenvalue weighted by Crippen LogP contribution is -2.21. The molecule has 0 aliphatic rings. The van der Waals surface area contributed by atoms with Crippen LogP contribution in [0, 0.1) is 0 Å². The van der Waals surface area contributed by atoms with Crippen molar-refractivity contribution in [1.82, 2.24) is 20.1 Å². The average molecular weight is 250 g/mol. The van der Waals surface area contributed by atoms with E-state index >= 15 is 0 Å². The molecule has 0 amide bonds. The third-order valence-corrected chi connectivity index (χ3v) is 2.23. The molecular weight excluding hydrogens is 233 g/mol. The summed E-state index contributed by atoms with van der Waals surface area (Å²) in [6.45, 7) is 4.71. The highest BCUT2D eigenvalue weighted by Gasteiger charge is 2.25. The fraction of sp³-hybridized carbons (Fsp3) is 0.800. The number of rotatable bonds is 6. The Balaban J connectivity index is 2.25. The largest absolute Gasteiger partial charge is 0.389 e. The number of nitrogens with one attached hydrogen (secondary N) is 1. The van der Waals surface area contributed by atoms with Crippen LogP contribution in [0.4, 0.5) is 13.2 Å². The van der Waals surface area contributed by atoms with Crippen LogP contribution < -0.4 is 5.32 Å². The van der Waals surface area contributed by atoms with Gasteiger partial charge in [-0.3, -0.25) is 0 Å². The molecular formula is C10H17F3N4. The maximum atomic E-state index is 11.9. The Morgan fingerprint density at radius 1 is 1.41 bits per heavy atom. The molecule has 0 saturated heterocycles. The first kappa shape index (κ1) is 14.0. The van der Waals surface area contributed by atoms with E-state index in [0.29, 0.717) is 13.1 Å². The number of hydrogen-bond acceptors (Lipinski definition) is 3. The predicted molar refractivity (Wildman–Crippen MR) is 57.4 cm³/mol. The molecule has 1 N–H and O–H groups in total. The lowest BCUT2D eigenvalue weighted by Gasteiger charge is -2.10. The Morgan fingerprint density at radius 3 is 2.71 bits per heavy atom. The summed E-state index contributed by atoms with van der Waals surface area (Å²) < 4.78 is 37.4. The Hall–Kier alpha value is -1.11. The van der Waals surface area contributed by atoms with Crippen LogP contribution in [0.5, 0.6) is 0 Å². The van der Waals surface area contributed by atoms with Crippen LogP contribution in [0.15, 0.2) is 6.33 Å². The molecule has 1 aromatic rings. The second-order valence-electron chi connectivity index (χ2n) is 4.11. The molecule has 0 atom stereocenters. The molecule has 0 fully saturated rings. The summed E-state index contributed by atoms with van der Waals surface area (Å²) in [5, 5.41) is 6.97. The van der Waals surface area contributed by atoms with E-state index < -0.39 is 12.6 Å². The van der Waals surface area contributed by atoms with Crippen LogP contribution in [0.3, 0.4) is 0 Å². The van der Waals surface area contributed by atoms with Crippen LogP contribution in [-0.2, 0) is 6.54 Å². The van der Waals surface area contributed by atoms with Crippen LogP contribution in [0.2, 0.25) is 0 Å². The molecule has 17 heavy (non-hydrogen) atoms. The lowest BCUT2D eigenvalue weighted by atomic mass is 10.3. The summed E-state index contributed by atoms with van der Waals surface area (Å²) in [5.41, 5.74) is 0. The van der Waals surface area contributed by atoms with E-state index in [4.69, 9.17) is 0 Å². The molecule has 0 aromatic carbocycles. The zero-order chi connectivity index (χ0) is 12.9. The lowest BCUT2D eigenvalue weighted by molar-refractivity contribution is -0.135. The van der Waals surface area contributed by atoms with Crippen molar-refractivity contribution in [2.45, 2.75) is 45.5 Å². The topological polar surface area (TPSA) is 42.7 Å². The summed E-state index contributed by atoms with van der Waals surface area (Å²) in [6.07, 6.45) is -3.29. The monoisotopic (exact) mass is 250 g/mol. The van der Waals surface area contributed by atoms with Crippen molar-refractivity contribution in [3.63, 3.8) is 0 Å². The van der Waals surface area contributed by atoms with Crippen LogP contribution in [0.1, 0.15) is 38.6 Å². The van der Waals surface area contributed by atoms with Gasteiger partial charge in [-0.1, -0.05) is 0 Å². The Bertz CT molecular complexity index is 333. The third kappa shape index (κ3) is 5.16. The normalized spacial score (nSPS) is 12.4. The van der Waals surface area contributed by atoms with Gasteiger partial charge in [0.2, 0.25) is 0 Å². The number of hydrogen-bond donors (Lipinski definition) is 1. The van der Waals surface area contributed by atoms with Crippen LogP contribution in [0.25, 0.3) is 0 Å². The average Bonchev–Trinajstić information content (AvgIpc) is 2.63. The molecule has 0 saturated carbocycles. The van der Waals surface area contributed by atoms with E-state index in [2.05, 4.69) is 15.4 Å². The van der Waals surface area contributed by atoms with Crippen LogP contribution >= 0.6 is 0 Å². The van der Waals surface area contributed by atoms with Gasteiger partial charge in [0.05, 0.1) is 6.54 Å². The molecule has 1 heterocycles. The van der Waals surface area contributed by atoms with E-state index in [-0.39, 0.29) is 12.5 Å². The van der Waals surface area contributed by atoms with Gasteiger partial charge in [-0.15, -0.1) is 0 Å². The highest BCUT2D eigenvalue weighted by molar-refractivity contribution is 4.85. The van der Waals surface area contributed by atoms with Crippen molar-refractivity contribution in [2.24, 2.45) is 0 Å². The summed E-state index contributed by atoms with van der Waals surface area (Å²) in [4.78, 5) is 4.05. The van der Waals surface area contributed by atoms with Gasteiger partial charge < -0.3 is 5.32 Å². The number of halogens is 3. The van der Waals surface area contributed by atoms with Crippen molar-refractivity contribution >= 4 is 0 Å². The zero-order valence-electron chi connectivity index (χ0n) is 9.96. The summed E-state index contributed by atoms with van der Waals surface area (Å²) in [5.74, 6) is 0.743. The smallest absolute Gasteiger partial charge is 0.310 e. The first-order chi connectivity index (χ1) is 7.90. The summed E-state index contributed by atoms with van der Waals surface area (Å²) in [7, 11) is 0. The van der Waals surface area contributed by atoms with E-state index in [1.807, 2.05) is 13.8 Å². The van der Waals surface area contributed by atoms with Gasteiger partial charge in [-0.05, 0) is 26.8 Å². The van der Waals surface area contributed by atoms with Gasteiger partial charge in [-0.25, -0.2) is 9.67 Å². The molecule has 4 nitrogen and oxygen atoms in total. The molecule has 98 valence electrons. The maximum Gasteiger partial charge on any atom is 0.389 e. The van der Waals surface area contributed by atoms with Crippen molar-refractivity contribution in [3.05, 3.63) is 12.2 Å². The van der Waals surface area contributed by atoms with Gasteiger partial charge in [0.15, 0.2) is 0 Å². The third-order valence-electron chi connectivity index (χ3n) is 2.23. The highest BCUT2D eigenvalue weighted by atomic mass is 19.4. The molecule has 0 bridgehead atoms. The van der Waals surface area contributed by atoms with Crippen molar-refractivity contribution in [3.8, 4) is 0 Å². The molecule has 1 aromatic heterocycles. The number of nitrogens with zero attached hydrogens (tertiary/aromatic N) is 3. The van der Waals surface area contributed by atoms with Gasteiger partial charge in [0, 0.05) is 12.5 Å². The second kappa shape index (κ2) is 6.00. The Labute approximate surface area is 98.2 Å². The summed E-state index contributed by atoms with van der Waals surface area (Å²) in [6, 6.07) is 0.199. The standard InChI is InChI=1S/C10H17F3N4/c1-8(2)17-9(15-7-16-17)6-14-5-3-4-10(11,12)13/h7-8,14H,3-6H2,1-2H3. The zero-order valence-corrected chi connectivity index (χ0v) is 9.96. The van der Waals surface area contributed by atoms with Gasteiger partial charge in [-0.2, -0.15) is 18.3 Å². The SMILES string of the molecule is CC(C)n1ncnc1CNCCCC(F)(F)F. The number of aromatic nitrogens is 3. The van der Waals surface area contributed by atoms with Crippen LogP contribution in [-0.4, -0.2) is 27.5 Å². The van der Waals surface area contributed by atoms with E-state index in [0.717, 1.165) is 5.82 Å². The van der Waals surface area contributed by atoms with E-state index in [1.165, 1.54) is 6.33 Å². The minimum Gasteiger partial charge on any atom is -0.310 e. The number of alkyl halides is 3. The molecule has 0 aliphatic heterocycles. The van der Waals surface area contributed by atoms with E-state index in [1.54, 1.807) is 4.68 Å². The Morgan fingerprint density at radius 2 is 2.12 bits per heavy atom. The first-order valence-corrected chi connectivity index (χ1v) is 5.56. The van der Waals surface area contributed by atoms with E-state index in [9.17, 15) is 13.2 Å². The minimum atomic E-state index is -4.07. The summed E-state index contributed by atoms with van der Waals surface area (Å²) >= 11 is 0. The quantitative estimate of drug-likeness (QED) is 0.788. The minimum absolute atomic E-state index is 0.0827. The second-order valence-corrected chi connectivity index (χ2v) is 4.11. The predicted octanol–water partition coefficient (Wildman–Crippen LogP) is 2.29. The molecule has 0 aliphatic carbocycles. The molecule has 1 rings (SSSR count). The van der Waals surface area contributed by atoms with Gasteiger partial charge in [0.1, 0.15) is 12.2 Å².